The van der Waals surface area contributed by atoms with Gasteiger partial charge < -0.3 is 25.8 Å². The summed E-state index contributed by atoms with van der Waals surface area (Å²) in [5, 5.41) is 13.8. The standard InChI is InChI=1S/C32H51F2N7O3S/c1-5-25(43)39-12-13-40(18(4)16-39)30-19-15-21(34)28-26-20(33)7-6-8-22(26)36-24(42)10-14-45-23-9-11-35-27(17(2)3)29(23)41(31(19)37-28)32(44)38-30/h5,17-23,26-31,35,37H,1,6-16H2,2-4H3,(H,36,42)(H,38,44)/t18-,19?,20?,21?,22?,23?,26?,27?,28?,29?,30?,31?/m0/s1. The van der Waals surface area contributed by atoms with Gasteiger partial charge in [0.25, 0.3) is 0 Å². The maximum atomic E-state index is 16.6. The number of hydrogen-bond donors (Lipinski definition) is 4. The van der Waals surface area contributed by atoms with Crippen molar-refractivity contribution in [2.75, 3.05) is 31.9 Å². The van der Waals surface area contributed by atoms with E-state index in [1.165, 1.54) is 6.08 Å². The first kappa shape index (κ1) is 33.0. The molecule has 6 rings (SSSR count). The predicted octanol–water partition coefficient (Wildman–Crippen LogP) is 2.21. The van der Waals surface area contributed by atoms with Crippen LogP contribution in [0.3, 0.4) is 0 Å². The lowest BCUT2D eigenvalue weighted by Gasteiger charge is -2.60. The molecule has 5 saturated heterocycles. The number of nitrogens with zero attached hydrogens (tertiary/aromatic N) is 3. The van der Waals surface area contributed by atoms with Gasteiger partial charge in [-0.3, -0.25) is 19.8 Å². The third kappa shape index (κ3) is 6.35. The number of hydrogen-bond acceptors (Lipinski definition) is 7. The average Bonchev–Trinajstić information content (AvgIpc) is 3.01. The minimum Gasteiger partial charge on any atom is -0.353 e. The Bertz CT molecular complexity index is 1130. The molecule has 5 heterocycles. The molecular formula is C32H51F2N7O3S. The van der Waals surface area contributed by atoms with Gasteiger partial charge in [0.1, 0.15) is 12.3 Å². The highest BCUT2D eigenvalue weighted by molar-refractivity contribution is 8.00. The maximum absolute atomic E-state index is 16.6. The largest absolute Gasteiger partial charge is 0.353 e. The fourth-order valence-corrected chi connectivity index (χ4v) is 10.6. The van der Waals surface area contributed by atoms with Gasteiger partial charge in [-0.2, -0.15) is 11.8 Å². The van der Waals surface area contributed by atoms with Gasteiger partial charge >= 0.3 is 6.03 Å². The molecular weight excluding hydrogens is 600 g/mol. The van der Waals surface area contributed by atoms with Gasteiger partial charge in [-0.25, -0.2) is 13.6 Å². The van der Waals surface area contributed by atoms with Gasteiger partial charge in [0.05, 0.1) is 18.4 Å². The summed E-state index contributed by atoms with van der Waals surface area (Å²) in [6.45, 7) is 12.3. The van der Waals surface area contributed by atoms with Crippen LogP contribution in [-0.4, -0.2) is 125 Å². The molecule has 45 heavy (non-hydrogen) atoms. The van der Waals surface area contributed by atoms with E-state index in [1.807, 2.05) is 11.8 Å². The zero-order valence-electron chi connectivity index (χ0n) is 26.8. The smallest absolute Gasteiger partial charge is 0.320 e. The van der Waals surface area contributed by atoms with Crippen LogP contribution in [0.5, 0.6) is 0 Å². The van der Waals surface area contributed by atoms with Crippen molar-refractivity contribution in [3.8, 4) is 0 Å². The quantitative estimate of drug-likeness (QED) is 0.347. The summed E-state index contributed by atoms with van der Waals surface area (Å²) >= 11 is 1.74. The van der Waals surface area contributed by atoms with Crippen LogP contribution in [0.2, 0.25) is 0 Å². The van der Waals surface area contributed by atoms with E-state index in [9.17, 15) is 14.4 Å². The number of carbonyl (C=O) groups is 3. The highest BCUT2D eigenvalue weighted by atomic mass is 32.2. The SMILES string of the molecule is C=CC(=O)N1CCN(C2NC(=O)N3C4NC(C(F)CC42)C2C(F)CCCC2NC(=O)CCSC2CCNC(C(C)C)C23)[C@@H](C)C1. The number of amides is 4. The van der Waals surface area contributed by atoms with Gasteiger partial charge in [0.2, 0.25) is 11.8 Å². The number of rotatable bonds is 3. The summed E-state index contributed by atoms with van der Waals surface area (Å²) in [6.07, 6.45) is 0.681. The fraction of sp³-hybridized carbons (Fsp3) is 0.844. The number of piperazine rings is 1. The van der Waals surface area contributed by atoms with Crippen LogP contribution in [0.1, 0.15) is 59.3 Å². The van der Waals surface area contributed by atoms with Crippen LogP contribution in [0.15, 0.2) is 12.7 Å². The molecule has 0 aromatic heterocycles. The lowest BCUT2D eigenvalue weighted by molar-refractivity contribution is -0.132. The van der Waals surface area contributed by atoms with Crippen molar-refractivity contribution in [3.63, 3.8) is 0 Å². The van der Waals surface area contributed by atoms with Crippen LogP contribution in [0.25, 0.3) is 0 Å². The van der Waals surface area contributed by atoms with Crippen LogP contribution in [0.4, 0.5) is 13.6 Å². The van der Waals surface area contributed by atoms with Crippen molar-refractivity contribution < 1.29 is 23.2 Å². The molecule has 0 aromatic rings. The van der Waals surface area contributed by atoms with E-state index in [4.69, 9.17) is 0 Å². The molecule has 6 aliphatic rings. The Balaban J connectivity index is 1.39. The minimum atomic E-state index is -1.36. The summed E-state index contributed by atoms with van der Waals surface area (Å²) in [6, 6.07) is -1.75. The third-order valence-corrected chi connectivity index (χ3v) is 12.7. The topological polar surface area (TPSA) is 109 Å². The molecule has 4 amide bonds. The third-order valence-electron chi connectivity index (χ3n) is 11.3. The maximum Gasteiger partial charge on any atom is 0.320 e. The van der Waals surface area contributed by atoms with E-state index in [0.717, 1.165) is 13.0 Å². The Morgan fingerprint density at radius 3 is 2.62 bits per heavy atom. The molecule has 0 spiro atoms. The first-order chi connectivity index (χ1) is 21.6. The van der Waals surface area contributed by atoms with E-state index < -0.39 is 42.7 Å². The van der Waals surface area contributed by atoms with E-state index in [1.54, 1.807) is 16.7 Å². The van der Waals surface area contributed by atoms with Gasteiger partial charge in [0.15, 0.2) is 0 Å². The molecule has 1 saturated carbocycles. The number of urea groups is 1. The highest BCUT2D eigenvalue weighted by Gasteiger charge is 2.57. The Labute approximate surface area is 270 Å². The van der Waals surface area contributed by atoms with Gasteiger partial charge in [0, 0.05) is 73.1 Å². The number of carbonyl (C=O) groups excluding carboxylic acids is 3. The molecule has 11 unspecified atom stereocenters. The second-order valence-electron chi connectivity index (χ2n) is 14.3. The van der Waals surface area contributed by atoms with Crippen molar-refractivity contribution in [3.05, 3.63) is 12.7 Å². The fourth-order valence-electron chi connectivity index (χ4n) is 9.17. The van der Waals surface area contributed by atoms with Crippen molar-refractivity contribution >= 4 is 29.6 Å². The second-order valence-corrected chi connectivity index (χ2v) is 15.6. The van der Waals surface area contributed by atoms with Crippen LogP contribution in [0, 0.1) is 17.8 Å². The summed E-state index contributed by atoms with van der Waals surface area (Å²) < 4.78 is 32.5. The average molecular weight is 652 g/mol. The molecule has 12 atom stereocenters. The van der Waals surface area contributed by atoms with Gasteiger partial charge in [-0.1, -0.05) is 20.4 Å². The monoisotopic (exact) mass is 651 g/mol. The zero-order valence-corrected chi connectivity index (χ0v) is 27.6. The Kier molecular flexibility index (Phi) is 9.99. The molecule has 252 valence electrons. The molecule has 10 nitrogen and oxygen atoms in total. The van der Waals surface area contributed by atoms with E-state index in [-0.39, 0.29) is 59.5 Å². The molecule has 5 aliphatic heterocycles. The van der Waals surface area contributed by atoms with Gasteiger partial charge in [-0.15, -0.1) is 0 Å². The van der Waals surface area contributed by atoms with Gasteiger partial charge in [-0.05, 0) is 57.6 Å². The van der Waals surface area contributed by atoms with E-state index in [0.29, 0.717) is 51.1 Å². The van der Waals surface area contributed by atoms with Crippen LogP contribution < -0.4 is 21.3 Å². The second kappa shape index (κ2) is 13.6. The molecule has 0 radical (unpaired) electrons. The number of piperidine rings is 2. The molecule has 0 aromatic carbocycles. The number of fused-ring (bicyclic) bond motifs is 5. The highest BCUT2D eigenvalue weighted by Crippen LogP contribution is 2.43. The molecule has 4 N–H and O–H groups in total. The summed E-state index contributed by atoms with van der Waals surface area (Å²) in [7, 11) is 0. The van der Waals surface area contributed by atoms with E-state index >= 15 is 8.78 Å². The van der Waals surface area contributed by atoms with Crippen LogP contribution in [-0.2, 0) is 9.59 Å². The Morgan fingerprint density at radius 2 is 1.89 bits per heavy atom. The first-order valence-corrected chi connectivity index (χ1v) is 18.1. The van der Waals surface area contributed by atoms with Crippen molar-refractivity contribution in [1.82, 2.24) is 36.0 Å². The van der Waals surface area contributed by atoms with Crippen molar-refractivity contribution in [2.45, 2.75) is 119 Å². The van der Waals surface area contributed by atoms with Crippen LogP contribution >= 0.6 is 11.8 Å². The number of halogens is 2. The normalized spacial score (nSPS) is 43.1. The first-order valence-electron chi connectivity index (χ1n) is 17.0. The Hall–Kier alpha value is -1.96. The molecule has 6 fully saturated rings. The predicted molar refractivity (Wildman–Crippen MR) is 171 cm³/mol. The number of nitrogens with one attached hydrogen (secondary N) is 4. The number of alkyl halides is 2. The molecule has 13 heteroatoms. The molecule has 2 bridgehead atoms. The van der Waals surface area contributed by atoms with Crippen molar-refractivity contribution in [1.29, 1.82) is 0 Å². The summed E-state index contributed by atoms with van der Waals surface area (Å²) in [5.41, 5.74) is 0. The lowest BCUT2D eigenvalue weighted by Crippen LogP contribution is -2.80. The summed E-state index contributed by atoms with van der Waals surface area (Å²) in [4.78, 5) is 45.9. The minimum absolute atomic E-state index is 0.00485. The van der Waals surface area contributed by atoms with Crippen molar-refractivity contribution in [2.24, 2.45) is 17.8 Å². The zero-order chi connectivity index (χ0) is 32.0. The van der Waals surface area contributed by atoms with E-state index in [2.05, 4.69) is 46.6 Å². The Morgan fingerprint density at radius 1 is 1.09 bits per heavy atom. The molecule has 1 aliphatic carbocycles. The lowest BCUT2D eigenvalue weighted by atomic mass is 9.72. The summed E-state index contributed by atoms with van der Waals surface area (Å²) in [5.74, 6) is -0.426. The number of thioether (sulfide) groups is 1.